The van der Waals surface area contributed by atoms with E-state index in [0.29, 0.717) is 23.8 Å². The van der Waals surface area contributed by atoms with E-state index in [1.165, 1.54) is 12.1 Å². The van der Waals surface area contributed by atoms with Crippen LogP contribution in [0.25, 0.3) is 6.08 Å². The topological polar surface area (TPSA) is 41.1 Å². The first-order valence-corrected chi connectivity index (χ1v) is 6.13. The zero-order valence-electron chi connectivity index (χ0n) is 10.8. The average molecular weight is 294 g/mol. The van der Waals surface area contributed by atoms with Gasteiger partial charge in [0.2, 0.25) is 0 Å². The number of aromatic nitrogens is 1. The van der Waals surface area contributed by atoms with Crippen molar-refractivity contribution >= 4 is 30.2 Å². The Morgan fingerprint density at radius 3 is 2.90 bits per heavy atom. The Labute approximate surface area is 118 Å². The quantitative estimate of drug-likeness (QED) is 0.856. The molecule has 4 nitrogen and oxygen atoms in total. The van der Waals surface area contributed by atoms with Gasteiger partial charge in [-0.3, -0.25) is 4.52 Å². The second-order valence-electron chi connectivity index (χ2n) is 4.58. The molecule has 1 N–H and O–H groups in total. The lowest BCUT2D eigenvalue weighted by Gasteiger charge is -2.09. The number of alkyl halides is 3. The third kappa shape index (κ3) is 2.54. The van der Waals surface area contributed by atoms with E-state index in [0.717, 1.165) is 12.1 Å². The summed E-state index contributed by atoms with van der Waals surface area (Å²) in [6.45, 7) is 4.37. The van der Waals surface area contributed by atoms with Crippen LogP contribution in [0.1, 0.15) is 11.1 Å². The number of anilines is 2. The molecule has 0 aliphatic carbocycles. The number of hydrogen-bond donors (Lipinski definition) is 1. The van der Waals surface area contributed by atoms with Crippen LogP contribution < -0.4 is 5.32 Å². The smallest absolute Gasteiger partial charge is 0.337 e. The fraction of sp³-hybridized carbons (Fsp3) is 0.143. The molecule has 0 unspecified atom stereocenters. The molecule has 0 radical (unpaired) electrons. The zero-order valence-corrected chi connectivity index (χ0v) is 10.8. The molecule has 0 atom stereocenters. The summed E-state index contributed by atoms with van der Waals surface area (Å²) in [5.41, 5.74) is 0.225. The van der Waals surface area contributed by atoms with Gasteiger partial charge in [0.15, 0.2) is 12.4 Å². The second-order valence-corrected chi connectivity index (χ2v) is 4.58. The standard InChI is InChI=1S/C14H11F3N3O/c1-20-7-3-6-11-12(19-21-13(11)20)18-10-5-2-4-9(8-10)14(15,16)17/h2-6,8H,1,7H2,(H,18,19)/q+1. The van der Waals surface area contributed by atoms with Crippen LogP contribution in [0.4, 0.5) is 30.6 Å². The van der Waals surface area contributed by atoms with E-state index in [-0.39, 0.29) is 5.69 Å². The van der Waals surface area contributed by atoms with Crippen LogP contribution in [0.5, 0.6) is 0 Å². The number of halogens is 3. The van der Waals surface area contributed by atoms with E-state index in [4.69, 9.17) is 4.52 Å². The highest BCUT2D eigenvalue weighted by molar-refractivity contribution is 5.74. The van der Waals surface area contributed by atoms with E-state index in [1.807, 2.05) is 6.08 Å². The molecule has 0 bridgehead atoms. The van der Waals surface area contributed by atoms with Gasteiger partial charge in [0.25, 0.3) is 0 Å². The van der Waals surface area contributed by atoms with Crippen molar-refractivity contribution in [1.82, 2.24) is 5.16 Å². The monoisotopic (exact) mass is 294 g/mol. The minimum atomic E-state index is -4.38. The van der Waals surface area contributed by atoms with Gasteiger partial charge >= 0.3 is 12.1 Å². The normalized spacial score (nSPS) is 14.1. The lowest BCUT2D eigenvalue weighted by Crippen LogP contribution is -2.07. The van der Waals surface area contributed by atoms with Gasteiger partial charge in [-0.25, -0.2) is 0 Å². The minimum Gasteiger partial charge on any atom is -0.337 e. The van der Waals surface area contributed by atoms with Crippen molar-refractivity contribution in [3.8, 4) is 0 Å². The number of nitrogens with one attached hydrogen (secondary N) is 1. The minimum absolute atomic E-state index is 0.288. The third-order valence-corrected chi connectivity index (χ3v) is 3.06. The van der Waals surface area contributed by atoms with Crippen LogP contribution in [0.3, 0.4) is 0 Å². The number of nitrogens with zero attached hydrogens (tertiary/aromatic N) is 2. The first-order valence-electron chi connectivity index (χ1n) is 6.13. The Balaban J connectivity index is 1.92. The summed E-state index contributed by atoms with van der Waals surface area (Å²) in [6.07, 6.45) is -0.724. The van der Waals surface area contributed by atoms with Crippen LogP contribution in [0.15, 0.2) is 34.9 Å². The van der Waals surface area contributed by atoms with Crippen molar-refractivity contribution in [1.29, 1.82) is 0 Å². The van der Waals surface area contributed by atoms with E-state index < -0.39 is 11.7 Å². The highest BCUT2D eigenvalue weighted by Crippen LogP contribution is 2.34. The number of rotatable bonds is 2. The first kappa shape index (κ1) is 13.4. The van der Waals surface area contributed by atoms with Crippen molar-refractivity contribution in [3.05, 3.63) is 41.5 Å². The molecule has 1 aromatic heterocycles. The van der Waals surface area contributed by atoms with Gasteiger partial charge in [0.1, 0.15) is 12.3 Å². The molecule has 0 spiro atoms. The molecule has 2 aromatic rings. The second kappa shape index (κ2) is 4.76. The molecule has 3 rings (SSSR count). The molecule has 1 aliphatic rings. The predicted molar refractivity (Wildman–Crippen MR) is 72.2 cm³/mol. The molecule has 0 fully saturated rings. The summed E-state index contributed by atoms with van der Waals surface area (Å²) in [4.78, 5) is 0. The van der Waals surface area contributed by atoms with Gasteiger partial charge in [-0.15, -0.1) is 0 Å². The molecule has 7 heteroatoms. The highest BCUT2D eigenvalue weighted by atomic mass is 19.4. The SMILES string of the molecule is C=[N+]1CC=Cc2c(Nc3cccc(C(F)(F)F)c3)noc21. The molecule has 1 aromatic carbocycles. The maximum Gasteiger partial charge on any atom is 0.416 e. The van der Waals surface area contributed by atoms with Gasteiger partial charge in [0, 0.05) is 5.69 Å². The van der Waals surface area contributed by atoms with Gasteiger partial charge in [-0.05, 0) is 30.4 Å². The van der Waals surface area contributed by atoms with Crippen LogP contribution in [-0.4, -0.2) is 23.0 Å². The van der Waals surface area contributed by atoms with Crippen LogP contribution in [0.2, 0.25) is 0 Å². The first-order chi connectivity index (χ1) is 9.95. The molecule has 1 aliphatic heterocycles. The van der Waals surface area contributed by atoms with E-state index in [9.17, 15) is 13.2 Å². The Morgan fingerprint density at radius 1 is 1.33 bits per heavy atom. The molecule has 2 heterocycles. The summed E-state index contributed by atoms with van der Waals surface area (Å²) in [7, 11) is 0. The van der Waals surface area contributed by atoms with Crippen molar-refractivity contribution in [2.24, 2.45) is 0 Å². The molecule has 0 saturated carbocycles. The summed E-state index contributed by atoms with van der Waals surface area (Å²) in [5.74, 6) is 0.834. The van der Waals surface area contributed by atoms with Gasteiger partial charge in [-0.1, -0.05) is 11.2 Å². The maximum atomic E-state index is 12.7. The van der Waals surface area contributed by atoms with Crippen molar-refractivity contribution in [2.75, 3.05) is 11.9 Å². The fourth-order valence-corrected chi connectivity index (χ4v) is 2.05. The van der Waals surface area contributed by atoms with Gasteiger partial charge in [0.05, 0.1) is 5.56 Å². The number of benzene rings is 1. The number of fused-ring (bicyclic) bond motifs is 1. The lowest BCUT2D eigenvalue weighted by molar-refractivity contribution is -0.437. The van der Waals surface area contributed by atoms with Crippen LogP contribution in [0, 0.1) is 0 Å². The zero-order chi connectivity index (χ0) is 15.0. The Bertz CT molecular complexity index is 731. The van der Waals surface area contributed by atoms with Crippen molar-refractivity contribution in [3.63, 3.8) is 0 Å². The summed E-state index contributed by atoms with van der Waals surface area (Å²) >= 11 is 0. The summed E-state index contributed by atoms with van der Waals surface area (Å²) < 4.78 is 44.8. The van der Waals surface area contributed by atoms with Crippen molar-refractivity contribution < 1.29 is 22.3 Å². The molecular formula is C14H11F3N3O+. The largest absolute Gasteiger partial charge is 0.416 e. The molecule has 21 heavy (non-hydrogen) atoms. The lowest BCUT2D eigenvalue weighted by atomic mass is 10.2. The van der Waals surface area contributed by atoms with Gasteiger partial charge in [-0.2, -0.15) is 17.7 Å². The van der Waals surface area contributed by atoms with E-state index in [1.54, 1.807) is 10.7 Å². The highest BCUT2D eigenvalue weighted by Gasteiger charge is 2.31. The van der Waals surface area contributed by atoms with E-state index >= 15 is 0 Å². The van der Waals surface area contributed by atoms with Crippen molar-refractivity contribution in [2.45, 2.75) is 6.18 Å². The Morgan fingerprint density at radius 2 is 2.14 bits per heavy atom. The molecular weight excluding hydrogens is 283 g/mol. The summed E-state index contributed by atoms with van der Waals surface area (Å²) in [5, 5.41) is 6.67. The van der Waals surface area contributed by atoms with Crippen LogP contribution in [-0.2, 0) is 6.18 Å². The Hall–Kier alpha value is -2.57. The predicted octanol–water partition coefficient (Wildman–Crippen LogP) is 3.81. The van der Waals surface area contributed by atoms with Gasteiger partial charge < -0.3 is 5.32 Å². The molecule has 108 valence electrons. The third-order valence-electron chi connectivity index (χ3n) is 3.06. The fourth-order valence-electron chi connectivity index (χ4n) is 2.05. The molecule has 0 saturated heterocycles. The number of hydrogen-bond acceptors (Lipinski definition) is 3. The molecule has 0 amide bonds. The van der Waals surface area contributed by atoms with E-state index in [2.05, 4.69) is 17.2 Å². The summed E-state index contributed by atoms with van der Waals surface area (Å²) in [6, 6.07) is 4.91. The Kier molecular flexibility index (Phi) is 3.04. The maximum absolute atomic E-state index is 12.7. The van der Waals surface area contributed by atoms with Crippen LogP contribution >= 0.6 is 0 Å². The average Bonchev–Trinajstić information content (AvgIpc) is 2.83.